The molecule has 1 aromatic heterocycles. The highest BCUT2D eigenvalue weighted by Crippen LogP contribution is 2.36. The van der Waals surface area contributed by atoms with Crippen molar-refractivity contribution in [3.8, 4) is 0 Å². The second-order valence-corrected chi connectivity index (χ2v) is 5.76. The molecular formula is C11H16ClN4+. The molecule has 2 aliphatic rings. The predicted molar refractivity (Wildman–Crippen MR) is 63.6 cm³/mol. The lowest BCUT2D eigenvalue weighted by Gasteiger charge is -2.38. The van der Waals surface area contributed by atoms with Gasteiger partial charge >= 0.3 is 0 Å². The molecule has 0 saturated carbocycles. The summed E-state index contributed by atoms with van der Waals surface area (Å²) in [5, 5.41) is 8.54. The van der Waals surface area contributed by atoms with Crippen LogP contribution < -0.4 is 4.90 Å². The Kier molecular flexibility index (Phi) is 2.13. The minimum Gasteiger partial charge on any atom is -0.340 e. The highest BCUT2D eigenvalue weighted by Gasteiger charge is 2.50. The molecular weight excluding hydrogens is 224 g/mol. The Morgan fingerprint density at radius 2 is 2.19 bits per heavy atom. The molecule has 2 atom stereocenters. The molecule has 2 fully saturated rings. The highest BCUT2D eigenvalue weighted by atomic mass is 35.5. The van der Waals surface area contributed by atoms with E-state index in [1.807, 2.05) is 12.1 Å². The molecule has 4 nitrogen and oxygen atoms in total. The Morgan fingerprint density at radius 1 is 1.38 bits per heavy atom. The number of likely N-dealkylation sites (tertiary alicyclic amines) is 1. The number of fused-ring (bicyclic) bond motifs is 2. The third kappa shape index (κ3) is 1.48. The van der Waals surface area contributed by atoms with E-state index in [4.69, 9.17) is 11.6 Å². The molecule has 2 unspecified atom stereocenters. The second kappa shape index (κ2) is 3.31. The maximum Gasteiger partial charge on any atom is 0.152 e. The van der Waals surface area contributed by atoms with E-state index in [2.05, 4.69) is 29.2 Å². The van der Waals surface area contributed by atoms with E-state index in [9.17, 15) is 0 Å². The average molecular weight is 240 g/mol. The fourth-order valence-corrected chi connectivity index (χ4v) is 3.11. The quantitative estimate of drug-likeness (QED) is 0.689. The average Bonchev–Trinajstić information content (AvgIpc) is 2.74. The van der Waals surface area contributed by atoms with Gasteiger partial charge in [0, 0.05) is 6.42 Å². The number of halogens is 1. The molecule has 2 saturated heterocycles. The van der Waals surface area contributed by atoms with Crippen molar-refractivity contribution in [1.82, 2.24) is 10.2 Å². The molecule has 0 N–H and O–H groups in total. The van der Waals surface area contributed by atoms with Gasteiger partial charge in [-0.15, -0.1) is 10.2 Å². The summed E-state index contributed by atoms with van der Waals surface area (Å²) in [7, 11) is 4.63. The summed E-state index contributed by atoms with van der Waals surface area (Å²) in [5.74, 6) is 0.969. The van der Waals surface area contributed by atoms with E-state index >= 15 is 0 Å². The van der Waals surface area contributed by atoms with Crippen molar-refractivity contribution in [1.29, 1.82) is 0 Å². The maximum absolute atomic E-state index is 5.75. The smallest absolute Gasteiger partial charge is 0.152 e. The molecule has 2 bridgehead atoms. The molecule has 0 aromatic carbocycles. The summed E-state index contributed by atoms with van der Waals surface area (Å²) in [6.07, 6.45) is 1.28. The van der Waals surface area contributed by atoms with Gasteiger partial charge in [-0.2, -0.15) is 0 Å². The van der Waals surface area contributed by atoms with Crippen LogP contribution in [0.15, 0.2) is 12.1 Å². The zero-order chi connectivity index (χ0) is 11.3. The maximum atomic E-state index is 5.75. The van der Waals surface area contributed by atoms with Crippen molar-refractivity contribution in [3.05, 3.63) is 17.3 Å². The minimum atomic E-state index is 0.462. The number of aromatic nitrogens is 2. The monoisotopic (exact) mass is 239 g/mol. The first-order valence-corrected chi connectivity index (χ1v) is 6.02. The second-order valence-electron chi connectivity index (χ2n) is 5.37. The SMILES string of the molecule is C[N+]1(C)CC2CC1CN2c1ccc(Cl)nn1. The third-order valence-corrected chi connectivity index (χ3v) is 4.18. The summed E-state index contributed by atoms with van der Waals surface area (Å²) in [5.41, 5.74) is 0. The van der Waals surface area contributed by atoms with E-state index in [0.29, 0.717) is 11.2 Å². The molecule has 86 valence electrons. The Morgan fingerprint density at radius 3 is 2.69 bits per heavy atom. The lowest BCUT2D eigenvalue weighted by Crippen LogP contribution is -2.55. The Bertz CT molecular complexity index is 403. The van der Waals surface area contributed by atoms with Crippen LogP contribution in [0.5, 0.6) is 0 Å². The fraction of sp³-hybridized carbons (Fsp3) is 0.636. The van der Waals surface area contributed by atoms with Gasteiger partial charge < -0.3 is 9.38 Å². The largest absolute Gasteiger partial charge is 0.340 e. The van der Waals surface area contributed by atoms with E-state index < -0.39 is 0 Å². The standard InChI is InChI=1S/C11H16ClN4/c1-16(2)7-8-5-9(16)6-15(8)11-4-3-10(12)13-14-11/h3-4,8-9H,5-7H2,1-2H3/q+1. The summed E-state index contributed by atoms with van der Waals surface area (Å²) >= 11 is 5.75. The van der Waals surface area contributed by atoms with Crippen LogP contribution in [0.25, 0.3) is 0 Å². The van der Waals surface area contributed by atoms with Gasteiger partial charge in [0.1, 0.15) is 6.04 Å². The van der Waals surface area contributed by atoms with Crippen LogP contribution in [0.3, 0.4) is 0 Å². The van der Waals surface area contributed by atoms with Crippen molar-refractivity contribution in [2.24, 2.45) is 0 Å². The van der Waals surface area contributed by atoms with Crippen LogP contribution in [0.2, 0.25) is 5.15 Å². The first kappa shape index (κ1) is 10.3. The Labute approximate surface area is 100 Å². The molecule has 1 aromatic rings. The summed E-state index contributed by atoms with van der Waals surface area (Å²) in [4.78, 5) is 2.37. The van der Waals surface area contributed by atoms with Crippen molar-refractivity contribution >= 4 is 17.4 Å². The normalized spacial score (nSPS) is 31.1. The van der Waals surface area contributed by atoms with E-state index in [0.717, 1.165) is 22.9 Å². The van der Waals surface area contributed by atoms with Crippen LogP contribution in [0, 0.1) is 0 Å². The fourth-order valence-electron chi connectivity index (χ4n) is 3.01. The number of rotatable bonds is 1. The van der Waals surface area contributed by atoms with Crippen molar-refractivity contribution in [2.75, 3.05) is 32.1 Å². The molecule has 5 heteroatoms. The van der Waals surface area contributed by atoms with Gasteiger partial charge in [0.15, 0.2) is 11.0 Å². The Hall–Kier alpha value is -0.870. The minimum absolute atomic E-state index is 0.462. The molecule has 3 rings (SSSR count). The summed E-state index contributed by atoms with van der Waals surface area (Å²) in [6.45, 7) is 2.29. The van der Waals surface area contributed by atoms with Gasteiger partial charge in [-0.05, 0) is 12.1 Å². The molecule has 2 aliphatic heterocycles. The van der Waals surface area contributed by atoms with E-state index in [-0.39, 0.29) is 0 Å². The molecule has 16 heavy (non-hydrogen) atoms. The lowest BCUT2D eigenvalue weighted by atomic mass is 10.2. The number of hydrogen-bond donors (Lipinski definition) is 0. The van der Waals surface area contributed by atoms with Crippen LogP contribution >= 0.6 is 11.6 Å². The van der Waals surface area contributed by atoms with Gasteiger partial charge in [0.05, 0.1) is 33.2 Å². The van der Waals surface area contributed by atoms with Crippen molar-refractivity contribution in [2.45, 2.75) is 18.5 Å². The lowest BCUT2D eigenvalue weighted by molar-refractivity contribution is -0.903. The molecule has 0 aliphatic carbocycles. The van der Waals surface area contributed by atoms with E-state index in [1.165, 1.54) is 13.0 Å². The molecule has 0 amide bonds. The van der Waals surface area contributed by atoms with Gasteiger partial charge in [-0.3, -0.25) is 0 Å². The highest BCUT2D eigenvalue weighted by molar-refractivity contribution is 6.29. The topological polar surface area (TPSA) is 29.0 Å². The first-order chi connectivity index (χ1) is 7.56. The molecule has 0 spiro atoms. The van der Waals surface area contributed by atoms with Gasteiger partial charge in [0.2, 0.25) is 0 Å². The van der Waals surface area contributed by atoms with Crippen molar-refractivity contribution in [3.63, 3.8) is 0 Å². The zero-order valence-corrected chi connectivity index (χ0v) is 10.4. The number of anilines is 1. The number of piperazine rings is 1. The van der Waals surface area contributed by atoms with Crippen molar-refractivity contribution < 1.29 is 4.48 Å². The third-order valence-electron chi connectivity index (χ3n) is 3.97. The van der Waals surface area contributed by atoms with Gasteiger partial charge in [0.25, 0.3) is 0 Å². The number of likely N-dealkylation sites (N-methyl/N-ethyl adjacent to an activating group) is 1. The molecule has 3 heterocycles. The van der Waals surface area contributed by atoms with E-state index in [1.54, 1.807) is 0 Å². The number of nitrogens with zero attached hydrogens (tertiary/aromatic N) is 4. The first-order valence-electron chi connectivity index (χ1n) is 5.65. The van der Waals surface area contributed by atoms with Gasteiger partial charge in [-0.25, -0.2) is 0 Å². The molecule has 0 radical (unpaired) electrons. The van der Waals surface area contributed by atoms with Crippen LogP contribution in [-0.2, 0) is 0 Å². The van der Waals surface area contributed by atoms with Crippen LogP contribution in [-0.4, -0.2) is 53.9 Å². The van der Waals surface area contributed by atoms with Crippen LogP contribution in [0.4, 0.5) is 5.82 Å². The summed E-state index contributed by atoms with van der Waals surface area (Å²) in [6, 6.07) is 5.14. The summed E-state index contributed by atoms with van der Waals surface area (Å²) < 4.78 is 1.14. The number of hydrogen-bond acceptors (Lipinski definition) is 3. The number of quaternary nitrogens is 1. The van der Waals surface area contributed by atoms with Gasteiger partial charge in [-0.1, -0.05) is 11.6 Å². The Balaban J connectivity index is 1.83. The van der Waals surface area contributed by atoms with Crippen LogP contribution in [0.1, 0.15) is 6.42 Å². The predicted octanol–water partition coefficient (Wildman–Crippen LogP) is 1.17. The zero-order valence-electron chi connectivity index (χ0n) is 9.60.